The largest absolute Gasteiger partial charge is 0.309 e. The Kier molecular flexibility index (Phi) is 7.11. The van der Waals surface area contributed by atoms with Crippen molar-refractivity contribution >= 4 is 0 Å². The van der Waals surface area contributed by atoms with Crippen LogP contribution in [0.4, 0.5) is 0 Å². The molecule has 19 heavy (non-hydrogen) atoms. The van der Waals surface area contributed by atoms with Crippen LogP contribution in [0.15, 0.2) is 24.3 Å². The molecule has 0 aliphatic rings. The number of nitrogens with one attached hydrogen (secondary N) is 1. The quantitative estimate of drug-likeness (QED) is 0.769. The lowest BCUT2D eigenvalue weighted by Crippen LogP contribution is -2.31. The van der Waals surface area contributed by atoms with Crippen molar-refractivity contribution in [1.82, 2.24) is 10.2 Å². The minimum Gasteiger partial charge on any atom is -0.309 e. The molecule has 0 aromatic heterocycles. The smallest absolute Gasteiger partial charge is 0.0294 e. The van der Waals surface area contributed by atoms with Crippen LogP contribution in [0.5, 0.6) is 0 Å². The van der Waals surface area contributed by atoms with E-state index in [0.29, 0.717) is 12.1 Å². The topological polar surface area (TPSA) is 15.3 Å². The van der Waals surface area contributed by atoms with Gasteiger partial charge in [-0.05, 0) is 58.5 Å². The van der Waals surface area contributed by atoms with Gasteiger partial charge in [-0.25, -0.2) is 0 Å². The SMILES string of the molecule is CCCc1ccc(C(C)NC(C)CCN(C)C)cc1. The number of nitrogens with zero attached hydrogens (tertiary/aromatic N) is 1. The Bertz CT molecular complexity index is 343. The van der Waals surface area contributed by atoms with Crippen LogP contribution >= 0.6 is 0 Å². The fourth-order valence-corrected chi connectivity index (χ4v) is 2.32. The molecule has 0 heterocycles. The van der Waals surface area contributed by atoms with E-state index in [4.69, 9.17) is 0 Å². The van der Waals surface area contributed by atoms with Crippen LogP contribution in [0.2, 0.25) is 0 Å². The average Bonchev–Trinajstić information content (AvgIpc) is 2.37. The Labute approximate surface area is 119 Å². The summed E-state index contributed by atoms with van der Waals surface area (Å²) in [4.78, 5) is 2.24. The zero-order valence-corrected chi connectivity index (χ0v) is 13.2. The molecule has 1 aromatic carbocycles. The molecule has 0 spiro atoms. The Hall–Kier alpha value is -0.860. The summed E-state index contributed by atoms with van der Waals surface area (Å²) in [6.07, 6.45) is 3.58. The number of benzene rings is 1. The summed E-state index contributed by atoms with van der Waals surface area (Å²) in [6.45, 7) is 7.88. The number of rotatable bonds is 8. The van der Waals surface area contributed by atoms with Gasteiger partial charge in [0.25, 0.3) is 0 Å². The van der Waals surface area contributed by atoms with E-state index in [0.717, 1.165) is 6.54 Å². The lowest BCUT2D eigenvalue weighted by Gasteiger charge is -2.22. The highest BCUT2D eigenvalue weighted by atomic mass is 15.1. The van der Waals surface area contributed by atoms with Gasteiger partial charge in [0.2, 0.25) is 0 Å². The molecule has 2 unspecified atom stereocenters. The summed E-state index contributed by atoms with van der Waals surface area (Å²) in [5.41, 5.74) is 2.83. The molecule has 1 rings (SSSR count). The maximum atomic E-state index is 3.68. The number of hydrogen-bond donors (Lipinski definition) is 1. The molecule has 2 nitrogen and oxygen atoms in total. The van der Waals surface area contributed by atoms with Crippen molar-refractivity contribution in [3.63, 3.8) is 0 Å². The highest BCUT2D eigenvalue weighted by molar-refractivity contribution is 5.24. The predicted molar refractivity (Wildman–Crippen MR) is 84.6 cm³/mol. The second-order valence-electron chi connectivity index (χ2n) is 5.87. The van der Waals surface area contributed by atoms with E-state index < -0.39 is 0 Å². The first-order valence-corrected chi connectivity index (χ1v) is 7.52. The van der Waals surface area contributed by atoms with Crippen molar-refractivity contribution in [2.45, 2.75) is 52.1 Å². The van der Waals surface area contributed by atoms with Crippen LogP contribution in [0.25, 0.3) is 0 Å². The van der Waals surface area contributed by atoms with Crippen molar-refractivity contribution in [1.29, 1.82) is 0 Å². The van der Waals surface area contributed by atoms with E-state index in [2.05, 4.69) is 69.3 Å². The summed E-state index contributed by atoms with van der Waals surface area (Å²) in [5.74, 6) is 0. The first kappa shape index (κ1) is 16.2. The van der Waals surface area contributed by atoms with E-state index in [9.17, 15) is 0 Å². The zero-order valence-electron chi connectivity index (χ0n) is 13.2. The fraction of sp³-hybridized carbons (Fsp3) is 0.647. The number of hydrogen-bond acceptors (Lipinski definition) is 2. The highest BCUT2D eigenvalue weighted by Gasteiger charge is 2.09. The summed E-state index contributed by atoms with van der Waals surface area (Å²) < 4.78 is 0. The van der Waals surface area contributed by atoms with Gasteiger partial charge in [0.1, 0.15) is 0 Å². The lowest BCUT2D eigenvalue weighted by molar-refractivity contribution is 0.354. The third-order valence-electron chi connectivity index (χ3n) is 3.56. The third-order valence-corrected chi connectivity index (χ3v) is 3.56. The Morgan fingerprint density at radius 3 is 2.26 bits per heavy atom. The van der Waals surface area contributed by atoms with Crippen molar-refractivity contribution in [2.75, 3.05) is 20.6 Å². The second kappa shape index (κ2) is 8.34. The molecule has 1 aromatic rings. The summed E-state index contributed by atoms with van der Waals surface area (Å²) in [7, 11) is 4.26. The van der Waals surface area contributed by atoms with Gasteiger partial charge < -0.3 is 10.2 Å². The van der Waals surface area contributed by atoms with Crippen molar-refractivity contribution in [3.8, 4) is 0 Å². The first-order chi connectivity index (χ1) is 9.02. The molecule has 2 atom stereocenters. The normalized spacial score (nSPS) is 14.6. The summed E-state index contributed by atoms with van der Waals surface area (Å²) >= 11 is 0. The minimum absolute atomic E-state index is 0.424. The van der Waals surface area contributed by atoms with Gasteiger partial charge in [0, 0.05) is 12.1 Å². The Morgan fingerprint density at radius 2 is 1.74 bits per heavy atom. The minimum atomic E-state index is 0.424. The molecular weight excluding hydrogens is 232 g/mol. The molecule has 0 aliphatic carbocycles. The molecule has 0 saturated carbocycles. The molecule has 0 radical (unpaired) electrons. The van der Waals surface area contributed by atoms with Gasteiger partial charge >= 0.3 is 0 Å². The van der Waals surface area contributed by atoms with E-state index >= 15 is 0 Å². The van der Waals surface area contributed by atoms with Crippen molar-refractivity contribution in [3.05, 3.63) is 35.4 Å². The van der Waals surface area contributed by atoms with Gasteiger partial charge in [-0.15, -0.1) is 0 Å². The molecule has 1 N–H and O–H groups in total. The first-order valence-electron chi connectivity index (χ1n) is 7.52. The van der Waals surface area contributed by atoms with Crippen molar-refractivity contribution in [2.24, 2.45) is 0 Å². The maximum Gasteiger partial charge on any atom is 0.0294 e. The standard InChI is InChI=1S/C17H30N2/c1-6-7-16-8-10-17(11-9-16)15(3)18-14(2)12-13-19(4)5/h8-11,14-15,18H,6-7,12-13H2,1-5H3. The highest BCUT2D eigenvalue weighted by Crippen LogP contribution is 2.15. The third kappa shape index (κ3) is 6.22. The molecule has 0 bridgehead atoms. The van der Waals surface area contributed by atoms with E-state index in [1.54, 1.807) is 0 Å². The summed E-state index contributed by atoms with van der Waals surface area (Å²) in [5, 5.41) is 3.68. The fourth-order valence-electron chi connectivity index (χ4n) is 2.32. The van der Waals surface area contributed by atoms with E-state index in [1.807, 2.05) is 0 Å². The number of aryl methyl sites for hydroxylation is 1. The summed E-state index contributed by atoms with van der Waals surface area (Å²) in [6, 6.07) is 10.0. The van der Waals surface area contributed by atoms with Gasteiger partial charge in [-0.3, -0.25) is 0 Å². The van der Waals surface area contributed by atoms with Crippen LogP contribution in [-0.4, -0.2) is 31.6 Å². The van der Waals surface area contributed by atoms with Crippen LogP contribution in [0.3, 0.4) is 0 Å². The van der Waals surface area contributed by atoms with Gasteiger partial charge in [-0.1, -0.05) is 37.6 Å². The second-order valence-corrected chi connectivity index (χ2v) is 5.87. The molecule has 0 saturated heterocycles. The monoisotopic (exact) mass is 262 g/mol. The van der Waals surface area contributed by atoms with Gasteiger partial charge in [-0.2, -0.15) is 0 Å². The molecule has 2 heteroatoms. The zero-order chi connectivity index (χ0) is 14.3. The van der Waals surface area contributed by atoms with E-state index in [1.165, 1.54) is 30.4 Å². The van der Waals surface area contributed by atoms with Gasteiger partial charge in [0.05, 0.1) is 0 Å². The molecule has 0 fully saturated rings. The van der Waals surface area contributed by atoms with Crippen LogP contribution in [0.1, 0.15) is 50.8 Å². The molecule has 108 valence electrons. The Balaban J connectivity index is 2.45. The molecular formula is C17H30N2. The van der Waals surface area contributed by atoms with Gasteiger partial charge in [0.15, 0.2) is 0 Å². The van der Waals surface area contributed by atoms with Crippen LogP contribution < -0.4 is 5.32 Å². The van der Waals surface area contributed by atoms with E-state index in [-0.39, 0.29) is 0 Å². The van der Waals surface area contributed by atoms with Crippen LogP contribution in [0, 0.1) is 0 Å². The average molecular weight is 262 g/mol. The Morgan fingerprint density at radius 1 is 1.11 bits per heavy atom. The predicted octanol–water partition coefficient (Wildman–Crippen LogP) is 3.63. The molecule has 0 aliphatic heterocycles. The van der Waals surface area contributed by atoms with Crippen molar-refractivity contribution < 1.29 is 0 Å². The molecule has 0 amide bonds. The maximum absolute atomic E-state index is 3.68. The lowest BCUT2D eigenvalue weighted by atomic mass is 10.0. The van der Waals surface area contributed by atoms with Crippen LogP contribution in [-0.2, 0) is 6.42 Å².